The Balaban J connectivity index is 1.88. The van der Waals surface area contributed by atoms with Crippen molar-refractivity contribution in [2.75, 3.05) is 6.54 Å². The topological polar surface area (TPSA) is 74.1 Å². The molecule has 0 radical (unpaired) electrons. The summed E-state index contributed by atoms with van der Waals surface area (Å²) < 4.78 is 27.4. The van der Waals surface area contributed by atoms with E-state index in [1.54, 1.807) is 24.4 Å². The number of benzene rings is 1. The van der Waals surface area contributed by atoms with Crippen LogP contribution in [-0.4, -0.2) is 30.3 Å². The van der Waals surface area contributed by atoms with Crippen molar-refractivity contribution in [2.24, 2.45) is 0 Å². The van der Waals surface area contributed by atoms with E-state index in [-0.39, 0.29) is 16.5 Å². The first-order valence-corrected chi connectivity index (χ1v) is 9.34. The highest BCUT2D eigenvalue weighted by atomic mass is 32.2. The highest BCUT2D eigenvalue weighted by Gasteiger charge is 2.38. The molecule has 1 aromatic heterocycles. The minimum absolute atomic E-state index is 0.0525. The molecule has 0 amide bonds. The third-order valence-corrected chi connectivity index (χ3v) is 6.43. The SMILES string of the molecule is N#Cc1ccccc1S(=O)(=O)N(CCc1nccs1)C1CC1. The first kappa shape index (κ1) is 15.2. The normalized spacial score (nSPS) is 14.9. The van der Waals surface area contributed by atoms with Gasteiger partial charge >= 0.3 is 0 Å². The molecule has 1 aliphatic rings. The molecule has 0 spiro atoms. The molecular weight excluding hydrogens is 318 g/mol. The van der Waals surface area contributed by atoms with Gasteiger partial charge in [-0.05, 0) is 25.0 Å². The first-order chi connectivity index (χ1) is 10.6. The van der Waals surface area contributed by atoms with Crippen LogP contribution in [0.5, 0.6) is 0 Å². The smallest absolute Gasteiger partial charge is 0.244 e. The molecule has 1 aromatic carbocycles. The molecule has 1 heterocycles. The van der Waals surface area contributed by atoms with Gasteiger partial charge in [-0.2, -0.15) is 9.57 Å². The fourth-order valence-corrected chi connectivity index (χ4v) is 4.79. The van der Waals surface area contributed by atoms with Crippen molar-refractivity contribution in [2.45, 2.75) is 30.2 Å². The third-order valence-electron chi connectivity index (χ3n) is 3.58. The van der Waals surface area contributed by atoms with E-state index >= 15 is 0 Å². The minimum atomic E-state index is -3.65. The van der Waals surface area contributed by atoms with Crippen molar-refractivity contribution in [3.05, 3.63) is 46.4 Å². The zero-order chi connectivity index (χ0) is 15.6. The van der Waals surface area contributed by atoms with Crippen LogP contribution in [0.2, 0.25) is 0 Å². The predicted octanol–water partition coefficient (Wildman–Crippen LogP) is 2.41. The largest absolute Gasteiger partial charge is 0.250 e. The average Bonchev–Trinajstić information content (AvgIpc) is 3.22. The highest BCUT2D eigenvalue weighted by Crippen LogP contribution is 2.33. The van der Waals surface area contributed by atoms with Crippen molar-refractivity contribution >= 4 is 21.4 Å². The second-order valence-electron chi connectivity index (χ2n) is 5.13. The maximum atomic E-state index is 12.9. The number of rotatable bonds is 6. The van der Waals surface area contributed by atoms with Crippen LogP contribution < -0.4 is 0 Å². The second-order valence-corrected chi connectivity index (χ2v) is 7.97. The van der Waals surface area contributed by atoms with E-state index < -0.39 is 10.0 Å². The van der Waals surface area contributed by atoms with Gasteiger partial charge in [0.1, 0.15) is 6.07 Å². The summed E-state index contributed by atoms with van der Waals surface area (Å²) in [6.07, 6.45) is 4.08. The molecule has 114 valence electrons. The number of nitrogens with zero attached hydrogens (tertiary/aromatic N) is 3. The Hall–Kier alpha value is -1.75. The van der Waals surface area contributed by atoms with Crippen LogP contribution in [0.15, 0.2) is 40.7 Å². The van der Waals surface area contributed by atoms with Gasteiger partial charge in [-0.1, -0.05) is 12.1 Å². The number of aromatic nitrogens is 1. The Bertz CT molecular complexity index is 790. The molecule has 1 fully saturated rings. The molecule has 1 aliphatic carbocycles. The zero-order valence-electron chi connectivity index (χ0n) is 11.8. The number of nitriles is 1. The predicted molar refractivity (Wildman–Crippen MR) is 83.9 cm³/mol. The zero-order valence-corrected chi connectivity index (χ0v) is 13.5. The van der Waals surface area contributed by atoms with Gasteiger partial charge in [0.15, 0.2) is 0 Å². The van der Waals surface area contributed by atoms with Crippen LogP contribution in [0.4, 0.5) is 0 Å². The summed E-state index contributed by atoms with van der Waals surface area (Å²) in [6.45, 7) is 0.403. The monoisotopic (exact) mass is 333 g/mol. The van der Waals surface area contributed by atoms with Gasteiger partial charge in [-0.3, -0.25) is 0 Å². The van der Waals surface area contributed by atoms with E-state index in [9.17, 15) is 8.42 Å². The molecule has 2 aromatic rings. The van der Waals surface area contributed by atoms with Gasteiger partial charge in [-0.25, -0.2) is 13.4 Å². The van der Waals surface area contributed by atoms with Crippen LogP contribution in [0, 0.1) is 11.3 Å². The molecule has 7 heteroatoms. The second kappa shape index (κ2) is 6.16. The molecule has 0 bridgehead atoms. The third kappa shape index (κ3) is 3.04. The van der Waals surface area contributed by atoms with E-state index in [1.165, 1.54) is 21.7 Å². The van der Waals surface area contributed by atoms with Crippen LogP contribution in [0.1, 0.15) is 23.4 Å². The van der Waals surface area contributed by atoms with Crippen LogP contribution in [0.25, 0.3) is 0 Å². The Kier molecular flexibility index (Phi) is 4.25. The van der Waals surface area contributed by atoms with Gasteiger partial charge in [0.25, 0.3) is 0 Å². The highest BCUT2D eigenvalue weighted by molar-refractivity contribution is 7.89. The van der Waals surface area contributed by atoms with E-state index in [0.717, 1.165) is 17.8 Å². The van der Waals surface area contributed by atoms with Gasteiger partial charge in [0.05, 0.1) is 15.5 Å². The summed E-state index contributed by atoms with van der Waals surface area (Å²) in [4.78, 5) is 4.30. The molecule has 22 heavy (non-hydrogen) atoms. The van der Waals surface area contributed by atoms with Gasteiger partial charge in [0.2, 0.25) is 10.0 Å². The Morgan fingerprint density at radius 2 is 2.14 bits per heavy atom. The van der Waals surface area contributed by atoms with Crippen LogP contribution >= 0.6 is 11.3 Å². The summed E-state index contributed by atoms with van der Waals surface area (Å²) in [5.41, 5.74) is 0.197. The molecule has 0 unspecified atom stereocenters. The lowest BCUT2D eigenvalue weighted by molar-refractivity contribution is 0.407. The number of hydrogen-bond donors (Lipinski definition) is 0. The lowest BCUT2D eigenvalue weighted by Gasteiger charge is -2.22. The van der Waals surface area contributed by atoms with Crippen LogP contribution in [-0.2, 0) is 16.4 Å². The van der Waals surface area contributed by atoms with Crippen molar-refractivity contribution in [3.8, 4) is 6.07 Å². The van der Waals surface area contributed by atoms with Crippen LogP contribution in [0.3, 0.4) is 0 Å². The van der Waals surface area contributed by atoms with Crippen molar-refractivity contribution < 1.29 is 8.42 Å². The quantitative estimate of drug-likeness (QED) is 0.813. The Labute approximate surface area is 133 Å². The molecule has 0 aliphatic heterocycles. The lowest BCUT2D eigenvalue weighted by atomic mass is 10.2. The summed E-state index contributed by atoms with van der Waals surface area (Å²) in [7, 11) is -3.65. The number of thiazole rings is 1. The lowest BCUT2D eigenvalue weighted by Crippen LogP contribution is -2.35. The fourth-order valence-electron chi connectivity index (χ4n) is 2.35. The Morgan fingerprint density at radius 3 is 2.77 bits per heavy atom. The van der Waals surface area contributed by atoms with Crippen molar-refractivity contribution in [1.82, 2.24) is 9.29 Å². The average molecular weight is 333 g/mol. The van der Waals surface area contributed by atoms with Gasteiger partial charge in [-0.15, -0.1) is 11.3 Å². The van der Waals surface area contributed by atoms with Gasteiger partial charge < -0.3 is 0 Å². The molecule has 0 atom stereocenters. The molecular formula is C15H15N3O2S2. The van der Waals surface area contributed by atoms with Gasteiger partial charge in [0, 0.05) is 30.6 Å². The minimum Gasteiger partial charge on any atom is -0.250 e. The van der Waals surface area contributed by atoms with E-state index in [4.69, 9.17) is 5.26 Å². The maximum Gasteiger partial charge on any atom is 0.244 e. The number of sulfonamides is 1. The maximum absolute atomic E-state index is 12.9. The standard InChI is InChI=1S/C15H15N3O2S2/c16-11-12-3-1-2-4-14(12)22(19,20)18(13-5-6-13)9-7-15-17-8-10-21-15/h1-4,8,10,13H,5-7,9H2. The van der Waals surface area contributed by atoms with Crippen molar-refractivity contribution in [1.29, 1.82) is 5.26 Å². The van der Waals surface area contributed by atoms with E-state index in [1.807, 2.05) is 11.4 Å². The van der Waals surface area contributed by atoms with E-state index in [2.05, 4.69) is 4.98 Å². The first-order valence-electron chi connectivity index (χ1n) is 7.02. The molecule has 1 saturated carbocycles. The Morgan fingerprint density at radius 1 is 1.36 bits per heavy atom. The summed E-state index contributed by atoms with van der Waals surface area (Å²) in [5, 5.41) is 12.0. The molecule has 0 N–H and O–H groups in total. The van der Waals surface area contributed by atoms with E-state index in [0.29, 0.717) is 13.0 Å². The molecule has 5 nitrogen and oxygen atoms in total. The molecule has 3 rings (SSSR count). The summed E-state index contributed by atoms with van der Waals surface area (Å²) >= 11 is 1.53. The summed E-state index contributed by atoms with van der Waals surface area (Å²) in [6, 6.07) is 8.40. The fraction of sp³-hybridized carbons (Fsp3) is 0.333. The summed E-state index contributed by atoms with van der Waals surface area (Å²) in [5.74, 6) is 0. The van der Waals surface area contributed by atoms with Crippen molar-refractivity contribution in [3.63, 3.8) is 0 Å². The number of hydrogen-bond acceptors (Lipinski definition) is 5. The molecule has 0 saturated heterocycles.